The molecule has 1 N–H and O–H groups in total. The molecule has 1 unspecified atom stereocenters. The molecular weight excluding hydrogens is 414 g/mol. The van der Waals surface area contributed by atoms with E-state index in [1.54, 1.807) is 6.07 Å². The lowest BCUT2D eigenvalue weighted by Crippen LogP contribution is -2.28. The Balaban J connectivity index is 1.37. The van der Waals surface area contributed by atoms with E-state index in [1.807, 2.05) is 34.5 Å². The highest BCUT2D eigenvalue weighted by Gasteiger charge is 2.29. The zero-order chi connectivity index (χ0) is 22.9. The Morgan fingerprint density at radius 2 is 1.91 bits per heavy atom. The van der Waals surface area contributed by atoms with E-state index in [9.17, 15) is 9.90 Å². The second-order valence-electron chi connectivity index (χ2n) is 9.45. The van der Waals surface area contributed by atoms with Crippen LogP contribution in [0.2, 0.25) is 0 Å². The summed E-state index contributed by atoms with van der Waals surface area (Å²) < 4.78 is 1.95. The SMILES string of the molecule is Cc1nc2cc(C3CCCN3Cc3ccccc3O)nn2c(C)c1CCC(=O)N1CCCC1. The van der Waals surface area contributed by atoms with Crippen LogP contribution in [-0.2, 0) is 17.8 Å². The molecule has 1 atom stereocenters. The van der Waals surface area contributed by atoms with Gasteiger partial charge in [0.15, 0.2) is 5.65 Å². The lowest BCUT2D eigenvalue weighted by Gasteiger charge is -2.23. The summed E-state index contributed by atoms with van der Waals surface area (Å²) in [6.45, 7) is 7.62. The average Bonchev–Trinajstić information content (AvgIpc) is 3.55. The quantitative estimate of drug-likeness (QED) is 0.620. The number of phenolic OH excluding ortho intramolecular Hbond substituents is 1. The Kier molecular flexibility index (Phi) is 6.06. The molecule has 174 valence electrons. The van der Waals surface area contributed by atoms with Gasteiger partial charge in [0.2, 0.25) is 5.91 Å². The number of carbonyl (C=O) groups excluding carboxylic acids is 1. The first-order valence-corrected chi connectivity index (χ1v) is 12.2. The molecule has 4 heterocycles. The van der Waals surface area contributed by atoms with Crippen molar-refractivity contribution in [3.63, 3.8) is 0 Å². The average molecular weight is 448 g/mol. The molecule has 2 aromatic heterocycles. The maximum Gasteiger partial charge on any atom is 0.222 e. The van der Waals surface area contributed by atoms with Crippen LogP contribution in [0.15, 0.2) is 30.3 Å². The van der Waals surface area contributed by atoms with Crippen molar-refractivity contribution in [1.29, 1.82) is 0 Å². The summed E-state index contributed by atoms with van der Waals surface area (Å²) in [5.74, 6) is 0.595. The van der Waals surface area contributed by atoms with Crippen molar-refractivity contribution in [2.45, 2.75) is 65.0 Å². The molecule has 0 aliphatic carbocycles. The summed E-state index contributed by atoms with van der Waals surface area (Å²) in [7, 11) is 0. The van der Waals surface area contributed by atoms with E-state index >= 15 is 0 Å². The number of aryl methyl sites for hydroxylation is 2. The Hall–Kier alpha value is -2.93. The molecule has 1 amide bonds. The molecule has 0 bridgehead atoms. The topological polar surface area (TPSA) is 74.0 Å². The summed E-state index contributed by atoms with van der Waals surface area (Å²) in [6, 6.07) is 9.88. The maximum atomic E-state index is 12.6. The molecule has 0 spiro atoms. The predicted molar refractivity (Wildman–Crippen MR) is 127 cm³/mol. The van der Waals surface area contributed by atoms with Crippen LogP contribution in [0.25, 0.3) is 5.65 Å². The molecule has 5 rings (SSSR count). The van der Waals surface area contributed by atoms with E-state index in [-0.39, 0.29) is 11.9 Å². The summed E-state index contributed by atoms with van der Waals surface area (Å²) in [5, 5.41) is 15.2. The summed E-state index contributed by atoms with van der Waals surface area (Å²) in [6.07, 6.45) is 5.63. The van der Waals surface area contributed by atoms with Crippen molar-refractivity contribution in [2.75, 3.05) is 19.6 Å². The van der Waals surface area contributed by atoms with Gasteiger partial charge < -0.3 is 10.0 Å². The standard InChI is InChI=1S/C26H33N5O2/c1-18-21(11-12-26(33)29-13-5-6-14-29)19(2)31-25(27-18)16-22(28-31)23-9-7-15-30(23)17-20-8-3-4-10-24(20)32/h3-4,8,10,16,23,32H,5-7,9,11-15,17H2,1-2H3. The number of amides is 1. The van der Waals surface area contributed by atoms with E-state index in [4.69, 9.17) is 10.1 Å². The van der Waals surface area contributed by atoms with Gasteiger partial charge in [-0.1, -0.05) is 18.2 Å². The first-order valence-electron chi connectivity index (χ1n) is 12.2. The van der Waals surface area contributed by atoms with Gasteiger partial charge in [0.1, 0.15) is 5.75 Å². The number of phenols is 1. The zero-order valence-electron chi connectivity index (χ0n) is 19.6. The van der Waals surface area contributed by atoms with Gasteiger partial charge >= 0.3 is 0 Å². The lowest BCUT2D eigenvalue weighted by atomic mass is 10.1. The van der Waals surface area contributed by atoms with E-state index in [0.717, 1.165) is 79.2 Å². The van der Waals surface area contributed by atoms with Crippen molar-refractivity contribution in [3.05, 3.63) is 58.5 Å². The maximum absolute atomic E-state index is 12.6. The minimum atomic E-state index is 0.214. The number of likely N-dealkylation sites (tertiary alicyclic amines) is 2. The number of benzene rings is 1. The van der Waals surface area contributed by atoms with Crippen molar-refractivity contribution < 1.29 is 9.90 Å². The van der Waals surface area contributed by atoms with Crippen LogP contribution in [0.1, 0.15) is 66.4 Å². The van der Waals surface area contributed by atoms with Gasteiger partial charge in [-0.3, -0.25) is 9.69 Å². The number of para-hydroxylation sites is 1. The number of aromatic hydroxyl groups is 1. The highest BCUT2D eigenvalue weighted by Crippen LogP contribution is 2.34. The normalized spacial score (nSPS) is 19.1. The Morgan fingerprint density at radius 1 is 1.12 bits per heavy atom. The van der Waals surface area contributed by atoms with Crippen LogP contribution in [-0.4, -0.2) is 55.0 Å². The summed E-state index contributed by atoms with van der Waals surface area (Å²) >= 11 is 0. The highest BCUT2D eigenvalue weighted by molar-refractivity contribution is 5.76. The third-order valence-electron chi connectivity index (χ3n) is 7.30. The predicted octanol–water partition coefficient (Wildman–Crippen LogP) is 3.94. The van der Waals surface area contributed by atoms with Gasteiger partial charge in [-0.2, -0.15) is 5.10 Å². The smallest absolute Gasteiger partial charge is 0.222 e. The second-order valence-corrected chi connectivity index (χ2v) is 9.45. The largest absolute Gasteiger partial charge is 0.508 e. The molecule has 0 saturated carbocycles. The van der Waals surface area contributed by atoms with Gasteiger partial charge in [-0.25, -0.2) is 9.50 Å². The zero-order valence-corrected chi connectivity index (χ0v) is 19.6. The van der Waals surface area contributed by atoms with Crippen LogP contribution in [0.3, 0.4) is 0 Å². The van der Waals surface area contributed by atoms with E-state index in [2.05, 4.69) is 17.9 Å². The van der Waals surface area contributed by atoms with Crippen molar-refractivity contribution in [3.8, 4) is 5.75 Å². The molecule has 33 heavy (non-hydrogen) atoms. The van der Waals surface area contributed by atoms with Gasteiger partial charge in [0.05, 0.1) is 11.7 Å². The molecule has 7 heteroatoms. The molecule has 2 saturated heterocycles. The molecular formula is C26H33N5O2. The minimum Gasteiger partial charge on any atom is -0.508 e. The first kappa shape index (κ1) is 21.9. The summed E-state index contributed by atoms with van der Waals surface area (Å²) in [5.41, 5.74) is 6.03. The highest BCUT2D eigenvalue weighted by atomic mass is 16.3. The fraction of sp³-hybridized carbons (Fsp3) is 0.500. The third-order valence-corrected chi connectivity index (χ3v) is 7.30. The van der Waals surface area contributed by atoms with Crippen LogP contribution in [0, 0.1) is 13.8 Å². The van der Waals surface area contributed by atoms with E-state index < -0.39 is 0 Å². The number of aromatic nitrogens is 3. The first-order chi connectivity index (χ1) is 16.0. The van der Waals surface area contributed by atoms with Crippen molar-refractivity contribution in [2.24, 2.45) is 0 Å². The number of hydrogen-bond donors (Lipinski definition) is 1. The molecule has 3 aromatic rings. The van der Waals surface area contributed by atoms with Crippen LogP contribution >= 0.6 is 0 Å². The van der Waals surface area contributed by atoms with Crippen molar-refractivity contribution >= 4 is 11.6 Å². The van der Waals surface area contributed by atoms with Gasteiger partial charge in [-0.15, -0.1) is 0 Å². The Morgan fingerprint density at radius 3 is 2.70 bits per heavy atom. The Labute approximate surface area is 195 Å². The molecule has 2 aliphatic heterocycles. The van der Waals surface area contributed by atoms with E-state index in [1.165, 1.54) is 0 Å². The van der Waals surface area contributed by atoms with E-state index in [0.29, 0.717) is 25.1 Å². The molecule has 2 fully saturated rings. The summed E-state index contributed by atoms with van der Waals surface area (Å²) in [4.78, 5) is 21.8. The fourth-order valence-electron chi connectivity index (χ4n) is 5.44. The van der Waals surface area contributed by atoms with Gasteiger partial charge in [0, 0.05) is 49.1 Å². The lowest BCUT2D eigenvalue weighted by molar-refractivity contribution is -0.130. The van der Waals surface area contributed by atoms with Crippen LogP contribution < -0.4 is 0 Å². The Bertz CT molecular complexity index is 1160. The monoisotopic (exact) mass is 447 g/mol. The number of nitrogens with zero attached hydrogens (tertiary/aromatic N) is 5. The number of fused-ring (bicyclic) bond motifs is 1. The van der Waals surface area contributed by atoms with Crippen LogP contribution in [0.4, 0.5) is 0 Å². The molecule has 1 aromatic carbocycles. The molecule has 7 nitrogen and oxygen atoms in total. The number of hydrogen-bond acceptors (Lipinski definition) is 5. The molecule has 0 radical (unpaired) electrons. The minimum absolute atomic E-state index is 0.214. The third kappa shape index (κ3) is 4.34. The number of carbonyl (C=O) groups is 1. The van der Waals surface area contributed by atoms with Gasteiger partial charge in [-0.05, 0) is 64.1 Å². The van der Waals surface area contributed by atoms with Crippen molar-refractivity contribution in [1.82, 2.24) is 24.4 Å². The fourth-order valence-corrected chi connectivity index (χ4v) is 5.44. The number of rotatable bonds is 6. The van der Waals surface area contributed by atoms with Gasteiger partial charge in [0.25, 0.3) is 0 Å². The van der Waals surface area contributed by atoms with Crippen LogP contribution in [0.5, 0.6) is 5.75 Å². The second kappa shape index (κ2) is 9.14. The molecule has 2 aliphatic rings.